The Kier molecular flexibility index (Phi) is 5.92. The average Bonchev–Trinajstić information content (AvgIpc) is 2.99. The molecule has 1 saturated heterocycles. The Bertz CT molecular complexity index is 475. The van der Waals surface area contributed by atoms with Crippen LogP contribution in [0.2, 0.25) is 0 Å². The van der Waals surface area contributed by atoms with Gasteiger partial charge in [-0.2, -0.15) is 11.8 Å². The van der Waals surface area contributed by atoms with E-state index in [0.29, 0.717) is 12.5 Å². The molecule has 1 heterocycles. The van der Waals surface area contributed by atoms with Crippen molar-refractivity contribution in [2.45, 2.75) is 18.9 Å². The molecule has 1 aliphatic heterocycles. The van der Waals surface area contributed by atoms with Crippen LogP contribution in [0.4, 0.5) is 4.79 Å². The monoisotopic (exact) mass is 308 g/mol. The van der Waals surface area contributed by atoms with Gasteiger partial charge in [-0.15, -0.1) is 0 Å². The van der Waals surface area contributed by atoms with E-state index in [-0.39, 0.29) is 6.42 Å². The summed E-state index contributed by atoms with van der Waals surface area (Å²) in [4.78, 5) is 23.1. The molecule has 114 valence electrons. The molecule has 0 saturated carbocycles. The van der Waals surface area contributed by atoms with Gasteiger partial charge in [0.1, 0.15) is 6.04 Å². The molecule has 2 rings (SSSR count). The molecule has 1 aromatic carbocycles. The molecule has 1 fully saturated rings. The molecule has 3 N–H and O–H groups in total. The molecule has 1 unspecified atom stereocenters. The quantitative estimate of drug-likeness (QED) is 0.748. The predicted octanol–water partition coefficient (Wildman–Crippen LogP) is 1.73. The Morgan fingerprint density at radius 2 is 2.10 bits per heavy atom. The van der Waals surface area contributed by atoms with Crippen molar-refractivity contribution < 1.29 is 14.7 Å². The number of carboxylic acid groups (broad SMARTS) is 1. The standard InChI is InChI=1S/C15H20N2O3S/c18-14(19)13(8-11-4-2-1-3-5-11)17-15(20)16-9-12-6-7-21-10-12/h1-5,12-13H,6-10H2,(H,18,19)(H2,16,17,20)/t12?,13-/m1/s1. The van der Waals surface area contributed by atoms with Crippen LogP contribution in [0.25, 0.3) is 0 Å². The number of hydrogen-bond donors (Lipinski definition) is 3. The van der Waals surface area contributed by atoms with Crippen molar-refractivity contribution in [2.24, 2.45) is 5.92 Å². The second-order valence-corrected chi connectivity index (χ2v) is 6.31. The van der Waals surface area contributed by atoms with E-state index in [1.165, 1.54) is 0 Å². The SMILES string of the molecule is O=C(NCC1CCSC1)N[C@H](Cc1ccccc1)C(=O)O. The van der Waals surface area contributed by atoms with Crippen LogP contribution in [-0.4, -0.2) is 41.2 Å². The highest BCUT2D eigenvalue weighted by Crippen LogP contribution is 2.22. The number of urea groups is 1. The fourth-order valence-corrected chi connectivity index (χ4v) is 3.53. The molecule has 0 bridgehead atoms. The Labute approximate surface area is 128 Å². The lowest BCUT2D eigenvalue weighted by Crippen LogP contribution is -2.48. The second-order valence-electron chi connectivity index (χ2n) is 5.16. The maximum absolute atomic E-state index is 11.8. The van der Waals surface area contributed by atoms with Crippen molar-refractivity contribution in [3.8, 4) is 0 Å². The van der Waals surface area contributed by atoms with Crippen molar-refractivity contribution in [2.75, 3.05) is 18.1 Å². The highest BCUT2D eigenvalue weighted by atomic mass is 32.2. The minimum absolute atomic E-state index is 0.281. The lowest BCUT2D eigenvalue weighted by atomic mass is 10.1. The lowest BCUT2D eigenvalue weighted by molar-refractivity contribution is -0.139. The maximum atomic E-state index is 11.8. The van der Waals surface area contributed by atoms with Gasteiger partial charge in [-0.05, 0) is 29.4 Å². The molecule has 2 amide bonds. The number of carbonyl (C=O) groups is 2. The van der Waals surface area contributed by atoms with Gasteiger partial charge in [-0.25, -0.2) is 9.59 Å². The Morgan fingerprint density at radius 3 is 2.71 bits per heavy atom. The van der Waals surface area contributed by atoms with E-state index in [0.717, 1.165) is 23.5 Å². The number of aliphatic carboxylic acids is 1. The Balaban J connectivity index is 1.81. The van der Waals surface area contributed by atoms with E-state index in [1.807, 2.05) is 42.1 Å². The molecule has 2 atom stereocenters. The minimum atomic E-state index is -1.02. The summed E-state index contributed by atoms with van der Waals surface area (Å²) in [5.41, 5.74) is 0.886. The van der Waals surface area contributed by atoms with Crippen molar-refractivity contribution in [1.82, 2.24) is 10.6 Å². The summed E-state index contributed by atoms with van der Waals surface area (Å²) >= 11 is 1.89. The van der Waals surface area contributed by atoms with Gasteiger partial charge >= 0.3 is 12.0 Å². The van der Waals surface area contributed by atoms with Gasteiger partial charge in [-0.3, -0.25) is 0 Å². The minimum Gasteiger partial charge on any atom is -0.480 e. The van der Waals surface area contributed by atoms with Crippen molar-refractivity contribution in [1.29, 1.82) is 0 Å². The zero-order chi connectivity index (χ0) is 15.1. The fourth-order valence-electron chi connectivity index (χ4n) is 2.24. The van der Waals surface area contributed by atoms with Gasteiger partial charge in [0.05, 0.1) is 0 Å². The van der Waals surface area contributed by atoms with E-state index >= 15 is 0 Å². The van der Waals surface area contributed by atoms with Gasteiger partial charge in [0.15, 0.2) is 0 Å². The van der Waals surface area contributed by atoms with E-state index < -0.39 is 18.0 Å². The van der Waals surface area contributed by atoms with E-state index in [2.05, 4.69) is 10.6 Å². The number of benzene rings is 1. The number of carboxylic acids is 1. The third kappa shape index (κ3) is 5.30. The number of nitrogens with one attached hydrogen (secondary N) is 2. The first-order chi connectivity index (χ1) is 10.1. The molecule has 0 radical (unpaired) electrons. The maximum Gasteiger partial charge on any atom is 0.326 e. The first-order valence-electron chi connectivity index (χ1n) is 7.04. The first kappa shape index (κ1) is 15.7. The van der Waals surface area contributed by atoms with Crippen LogP contribution in [0, 0.1) is 5.92 Å². The number of hydrogen-bond acceptors (Lipinski definition) is 3. The smallest absolute Gasteiger partial charge is 0.326 e. The Morgan fingerprint density at radius 1 is 1.33 bits per heavy atom. The summed E-state index contributed by atoms with van der Waals surface area (Å²) in [6.45, 7) is 0.608. The molecule has 0 spiro atoms. The summed E-state index contributed by atoms with van der Waals surface area (Å²) in [7, 11) is 0. The van der Waals surface area contributed by atoms with Crippen LogP contribution < -0.4 is 10.6 Å². The number of carbonyl (C=O) groups excluding carboxylic acids is 1. The van der Waals surface area contributed by atoms with Crippen molar-refractivity contribution >= 4 is 23.8 Å². The fraction of sp³-hybridized carbons (Fsp3) is 0.467. The van der Waals surface area contributed by atoms with Crippen molar-refractivity contribution in [3.05, 3.63) is 35.9 Å². The molecular weight excluding hydrogens is 288 g/mol. The third-order valence-electron chi connectivity index (χ3n) is 3.46. The molecule has 0 aliphatic carbocycles. The molecular formula is C15H20N2O3S. The largest absolute Gasteiger partial charge is 0.480 e. The zero-order valence-electron chi connectivity index (χ0n) is 11.7. The van der Waals surface area contributed by atoms with Crippen LogP contribution in [0.1, 0.15) is 12.0 Å². The molecule has 21 heavy (non-hydrogen) atoms. The van der Waals surface area contributed by atoms with Crippen molar-refractivity contribution in [3.63, 3.8) is 0 Å². The molecule has 5 nitrogen and oxygen atoms in total. The molecule has 0 aromatic heterocycles. The van der Waals surface area contributed by atoms with Gasteiger partial charge in [0.25, 0.3) is 0 Å². The summed E-state index contributed by atoms with van der Waals surface area (Å²) in [6, 6.07) is 7.97. The highest BCUT2D eigenvalue weighted by Gasteiger charge is 2.21. The molecule has 6 heteroatoms. The van der Waals surface area contributed by atoms with Gasteiger partial charge in [0.2, 0.25) is 0 Å². The normalized spacial score (nSPS) is 19.0. The first-order valence-corrected chi connectivity index (χ1v) is 8.19. The van der Waals surface area contributed by atoms with Crippen LogP contribution >= 0.6 is 11.8 Å². The topological polar surface area (TPSA) is 78.4 Å². The van der Waals surface area contributed by atoms with Gasteiger partial charge < -0.3 is 15.7 Å². The number of amides is 2. The summed E-state index contributed by atoms with van der Waals surface area (Å²) in [6.07, 6.45) is 1.39. The van der Waals surface area contributed by atoms with Crippen LogP contribution in [0.3, 0.4) is 0 Å². The summed E-state index contributed by atoms with van der Waals surface area (Å²) in [5, 5.41) is 14.5. The Hall–Kier alpha value is -1.69. The predicted molar refractivity (Wildman–Crippen MR) is 83.5 cm³/mol. The van der Waals surface area contributed by atoms with E-state index in [1.54, 1.807) is 0 Å². The molecule has 1 aromatic rings. The van der Waals surface area contributed by atoms with Crippen LogP contribution in [-0.2, 0) is 11.2 Å². The number of thioether (sulfide) groups is 1. The highest BCUT2D eigenvalue weighted by molar-refractivity contribution is 7.99. The molecule has 1 aliphatic rings. The average molecular weight is 308 g/mol. The summed E-state index contributed by atoms with van der Waals surface area (Å²) < 4.78 is 0. The summed E-state index contributed by atoms with van der Waals surface area (Å²) in [5.74, 6) is 1.68. The van der Waals surface area contributed by atoms with Gasteiger partial charge in [-0.1, -0.05) is 30.3 Å². The zero-order valence-corrected chi connectivity index (χ0v) is 12.6. The van der Waals surface area contributed by atoms with Crippen LogP contribution in [0.5, 0.6) is 0 Å². The second kappa shape index (κ2) is 7.93. The lowest BCUT2D eigenvalue weighted by Gasteiger charge is -2.16. The van der Waals surface area contributed by atoms with Crippen LogP contribution in [0.15, 0.2) is 30.3 Å². The van der Waals surface area contributed by atoms with Gasteiger partial charge in [0, 0.05) is 13.0 Å². The van der Waals surface area contributed by atoms with E-state index in [9.17, 15) is 14.7 Å². The third-order valence-corrected chi connectivity index (χ3v) is 4.69. The number of rotatable bonds is 6. The van der Waals surface area contributed by atoms with E-state index in [4.69, 9.17) is 0 Å².